The maximum atomic E-state index is 12.3. The summed E-state index contributed by atoms with van der Waals surface area (Å²) in [5.41, 5.74) is 0. The molecule has 1 rings (SSSR count). The van der Waals surface area contributed by atoms with E-state index in [1.807, 2.05) is 4.90 Å². The topological polar surface area (TPSA) is 55.8 Å². The molecule has 0 atom stereocenters. The molecule has 1 aliphatic heterocycles. The van der Waals surface area contributed by atoms with Gasteiger partial charge in [-0.15, -0.1) is 0 Å². The van der Waals surface area contributed by atoms with Crippen molar-refractivity contribution >= 4 is 5.91 Å². The van der Waals surface area contributed by atoms with Crippen LogP contribution in [0.5, 0.6) is 0 Å². The van der Waals surface area contributed by atoms with Crippen LogP contribution in [0.1, 0.15) is 39.0 Å². The molecule has 1 amide bonds. The van der Waals surface area contributed by atoms with Gasteiger partial charge in [0.25, 0.3) is 0 Å². The Morgan fingerprint density at radius 1 is 1.20 bits per heavy atom. The Kier molecular flexibility index (Phi) is 9.62. The minimum absolute atomic E-state index is 0.0566. The monoisotopic (exact) mass is 285 g/mol. The first-order valence-corrected chi connectivity index (χ1v) is 8.09. The largest absolute Gasteiger partial charge is 0.395 e. The maximum absolute atomic E-state index is 12.3. The van der Waals surface area contributed by atoms with Gasteiger partial charge in [0.05, 0.1) is 13.2 Å². The van der Waals surface area contributed by atoms with E-state index in [9.17, 15) is 4.79 Å². The van der Waals surface area contributed by atoms with Crippen molar-refractivity contribution in [3.63, 3.8) is 0 Å². The van der Waals surface area contributed by atoms with Gasteiger partial charge in [-0.25, -0.2) is 0 Å². The Bertz CT molecular complexity index is 254. The zero-order chi connectivity index (χ0) is 14.6. The maximum Gasteiger partial charge on any atom is 0.236 e. The van der Waals surface area contributed by atoms with Crippen LogP contribution in [0.25, 0.3) is 0 Å². The highest BCUT2D eigenvalue weighted by atomic mass is 16.3. The van der Waals surface area contributed by atoms with Crippen LogP contribution < -0.4 is 5.32 Å². The minimum atomic E-state index is 0.0566. The average molecular weight is 285 g/mol. The number of unbranched alkanes of at least 4 members (excludes halogenated alkanes) is 3. The Hall–Kier alpha value is -0.650. The van der Waals surface area contributed by atoms with E-state index in [4.69, 9.17) is 5.11 Å². The molecule has 0 aromatic heterocycles. The number of rotatable bonds is 9. The summed E-state index contributed by atoms with van der Waals surface area (Å²) < 4.78 is 0. The summed E-state index contributed by atoms with van der Waals surface area (Å²) in [6, 6.07) is 0. The van der Waals surface area contributed by atoms with Gasteiger partial charge in [0.15, 0.2) is 0 Å². The van der Waals surface area contributed by atoms with E-state index in [2.05, 4.69) is 17.1 Å². The summed E-state index contributed by atoms with van der Waals surface area (Å²) in [7, 11) is 0. The van der Waals surface area contributed by atoms with Crippen molar-refractivity contribution in [2.75, 3.05) is 52.4 Å². The molecule has 1 heterocycles. The van der Waals surface area contributed by atoms with Crippen LogP contribution in [-0.4, -0.2) is 73.2 Å². The molecule has 1 saturated heterocycles. The van der Waals surface area contributed by atoms with Crippen molar-refractivity contribution < 1.29 is 9.90 Å². The fourth-order valence-electron chi connectivity index (χ4n) is 2.56. The van der Waals surface area contributed by atoms with Gasteiger partial charge in [0.2, 0.25) is 5.91 Å². The van der Waals surface area contributed by atoms with Gasteiger partial charge in [-0.1, -0.05) is 26.2 Å². The first-order valence-electron chi connectivity index (χ1n) is 8.09. The third-order valence-electron chi connectivity index (χ3n) is 3.80. The molecule has 5 heteroatoms. The van der Waals surface area contributed by atoms with E-state index in [-0.39, 0.29) is 12.5 Å². The summed E-state index contributed by atoms with van der Waals surface area (Å²) >= 11 is 0. The van der Waals surface area contributed by atoms with Crippen LogP contribution in [0.3, 0.4) is 0 Å². The molecule has 0 aromatic carbocycles. The highest BCUT2D eigenvalue weighted by molar-refractivity contribution is 5.78. The summed E-state index contributed by atoms with van der Waals surface area (Å²) in [4.78, 5) is 16.4. The molecule has 5 nitrogen and oxygen atoms in total. The molecule has 1 fully saturated rings. The molecule has 118 valence electrons. The molecule has 2 N–H and O–H groups in total. The van der Waals surface area contributed by atoms with Crippen LogP contribution in [0.2, 0.25) is 0 Å². The number of hydrogen-bond donors (Lipinski definition) is 2. The summed E-state index contributed by atoms with van der Waals surface area (Å²) in [5.74, 6) is 0.164. The Morgan fingerprint density at radius 2 is 2.05 bits per heavy atom. The molecule has 0 spiro atoms. The lowest BCUT2D eigenvalue weighted by Gasteiger charge is -2.26. The van der Waals surface area contributed by atoms with E-state index in [1.54, 1.807) is 0 Å². The SMILES string of the molecule is CCCCCCN(CCO)C(=O)CN1CCCNCC1. The third kappa shape index (κ3) is 7.22. The molecule has 20 heavy (non-hydrogen) atoms. The first-order chi connectivity index (χ1) is 9.77. The van der Waals surface area contributed by atoms with E-state index in [1.165, 1.54) is 19.3 Å². The van der Waals surface area contributed by atoms with Crippen molar-refractivity contribution in [1.82, 2.24) is 15.1 Å². The highest BCUT2D eigenvalue weighted by Gasteiger charge is 2.17. The van der Waals surface area contributed by atoms with Gasteiger partial charge in [0, 0.05) is 26.2 Å². The van der Waals surface area contributed by atoms with Gasteiger partial charge in [-0.2, -0.15) is 0 Å². The first kappa shape index (κ1) is 17.4. The van der Waals surface area contributed by atoms with Crippen LogP contribution in [0, 0.1) is 0 Å². The zero-order valence-corrected chi connectivity index (χ0v) is 12.9. The quantitative estimate of drug-likeness (QED) is 0.612. The molecule has 0 saturated carbocycles. The van der Waals surface area contributed by atoms with E-state index >= 15 is 0 Å². The van der Waals surface area contributed by atoms with E-state index in [0.717, 1.165) is 45.6 Å². The Morgan fingerprint density at radius 3 is 2.80 bits per heavy atom. The molecular weight excluding hydrogens is 254 g/mol. The molecule has 0 unspecified atom stereocenters. The number of hydrogen-bond acceptors (Lipinski definition) is 4. The fourth-order valence-corrected chi connectivity index (χ4v) is 2.56. The Labute approximate surface area is 123 Å². The predicted octanol–water partition coefficient (Wildman–Crippen LogP) is 0.683. The van der Waals surface area contributed by atoms with Gasteiger partial charge in [-0.05, 0) is 25.9 Å². The molecule has 0 aromatic rings. The fraction of sp³-hybridized carbons (Fsp3) is 0.933. The minimum Gasteiger partial charge on any atom is -0.395 e. The van der Waals surface area contributed by atoms with Crippen LogP contribution in [-0.2, 0) is 4.79 Å². The normalized spacial score (nSPS) is 16.9. The Balaban J connectivity index is 2.33. The van der Waals surface area contributed by atoms with Crippen LogP contribution in [0.15, 0.2) is 0 Å². The number of aliphatic hydroxyl groups is 1. The second-order valence-corrected chi connectivity index (χ2v) is 5.54. The van der Waals surface area contributed by atoms with Gasteiger partial charge in [0.1, 0.15) is 0 Å². The number of nitrogens with one attached hydrogen (secondary N) is 1. The molecule has 1 aliphatic rings. The van der Waals surface area contributed by atoms with Crippen molar-refractivity contribution in [3.8, 4) is 0 Å². The van der Waals surface area contributed by atoms with Crippen molar-refractivity contribution in [2.24, 2.45) is 0 Å². The van der Waals surface area contributed by atoms with Crippen LogP contribution >= 0.6 is 0 Å². The number of amides is 1. The number of carbonyl (C=O) groups is 1. The van der Waals surface area contributed by atoms with Gasteiger partial charge >= 0.3 is 0 Å². The van der Waals surface area contributed by atoms with Gasteiger partial charge < -0.3 is 15.3 Å². The van der Waals surface area contributed by atoms with E-state index in [0.29, 0.717) is 13.1 Å². The summed E-state index contributed by atoms with van der Waals surface area (Å²) in [6.07, 6.45) is 5.73. The average Bonchev–Trinajstić information content (AvgIpc) is 2.71. The van der Waals surface area contributed by atoms with Crippen LogP contribution in [0.4, 0.5) is 0 Å². The number of carbonyl (C=O) groups excluding carboxylic acids is 1. The summed E-state index contributed by atoms with van der Waals surface area (Å²) in [5, 5.41) is 12.5. The second-order valence-electron chi connectivity index (χ2n) is 5.54. The second kappa shape index (κ2) is 11.1. The summed E-state index contributed by atoms with van der Waals surface area (Å²) in [6.45, 7) is 7.92. The number of nitrogens with zero attached hydrogens (tertiary/aromatic N) is 2. The number of aliphatic hydroxyl groups excluding tert-OH is 1. The lowest BCUT2D eigenvalue weighted by molar-refractivity contribution is -0.133. The van der Waals surface area contributed by atoms with Crippen molar-refractivity contribution in [2.45, 2.75) is 39.0 Å². The molecular formula is C15H31N3O2. The van der Waals surface area contributed by atoms with E-state index < -0.39 is 0 Å². The molecule has 0 bridgehead atoms. The lowest BCUT2D eigenvalue weighted by Crippen LogP contribution is -2.43. The van der Waals surface area contributed by atoms with Crippen molar-refractivity contribution in [1.29, 1.82) is 0 Å². The zero-order valence-electron chi connectivity index (χ0n) is 12.9. The lowest BCUT2D eigenvalue weighted by atomic mass is 10.2. The van der Waals surface area contributed by atoms with Gasteiger partial charge in [-0.3, -0.25) is 9.69 Å². The highest BCUT2D eigenvalue weighted by Crippen LogP contribution is 2.03. The molecule has 0 radical (unpaired) electrons. The predicted molar refractivity (Wildman–Crippen MR) is 81.7 cm³/mol. The standard InChI is InChI=1S/C15H31N3O2/c1-2-3-4-5-10-18(12-13-19)15(20)14-17-9-6-7-16-8-11-17/h16,19H,2-14H2,1H3. The smallest absolute Gasteiger partial charge is 0.236 e. The third-order valence-corrected chi connectivity index (χ3v) is 3.80. The molecule has 0 aliphatic carbocycles. The van der Waals surface area contributed by atoms with Crippen molar-refractivity contribution in [3.05, 3.63) is 0 Å².